The number of nitrogens with one attached hydrogen (secondary N) is 1. The number of likely N-dealkylation sites (tertiary alicyclic amines) is 1. The number of nitriles is 1. The summed E-state index contributed by atoms with van der Waals surface area (Å²) in [5, 5.41) is 12.9. The lowest BCUT2D eigenvalue weighted by Gasteiger charge is -2.39. The van der Waals surface area contributed by atoms with Gasteiger partial charge in [0, 0.05) is 50.5 Å². The van der Waals surface area contributed by atoms with E-state index in [9.17, 15) is 19.6 Å². The second-order valence-corrected chi connectivity index (χ2v) is 16.8. The largest absolute Gasteiger partial charge is 0.464 e. The highest BCUT2D eigenvalue weighted by Crippen LogP contribution is 2.63. The van der Waals surface area contributed by atoms with Gasteiger partial charge in [0.05, 0.1) is 58.2 Å². The Morgan fingerprint density at radius 2 is 1.83 bits per heavy atom. The lowest BCUT2D eigenvalue weighted by atomic mass is 9.66. The molecule has 54 heavy (non-hydrogen) atoms. The van der Waals surface area contributed by atoms with Crippen LogP contribution in [0, 0.1) is 35.0 Å². The van der Waals surface area contributed by atoms with E-state index in [2.05, 4.69) is 26.1 Å². The molecule has 2 aromatic rings. The number of piperazine rings is 1. The number of piperidine rings is 1. The molecule has 5 aliphatic rings. The van der Waals surface area contributed by atoms with E-state index in [4.69, 9.17) is 26.1 Å². The van der Waals surface area contributed by atoms with E-state index in [1.807, 2.05) is 52.8 Å². The molecule has 0 aliphatic carbocycles. The van der Waals surface area contributed by atoms with Crippen LogP contribution in [-0.2, 0) is 19.1 Å². The highest BCUT2D eigenvalue weighted by Gasteiger charge is 2.74. The molecule has 288 valence electrons. The molecule has 4 unspecified atom stereocenters. The van der Waals surface area contributed by atoms with E-state index < -0.39 is 17.1 Å². The van der Waals surface area contributed by atoms with E-state index in [1.54, 1.807) is 29.3 Å². The third kappa shape index (κ3) is 7.24. The molecule has 0 spiro atoms. The molecule has 1 N–H and O–H groups in total. The number of ether oxygens (including phenoxy) is 2. The number of nitrogens with zero attached hydrogens (tertiary/aromatic N) is 6. The van der Waals surface area contributed by atoms with Crippen molar-refractivity contribution in [3.8, 4) is 6.07 Å². The number of halogens is 1. The van der Waals surface area contributed by atoms with Crippen molar-refractivity contribution in [3.05, 3.63) is 64.5 Å². The van der Waals surface area contributed by atoms with Crippen LogP contribution < -0.4 is 15.1 Å². The Hall–Kier alpha value is -4.02. The van der Waals surface area contributed by atoms with E-state index in [0.29, 0.717) is 53.2 Å². The molecule has 1 aromatic carbocycles. The van der Waals surface area contributed by atoms with Crippen molar-refractivity contribution in [2.24, 2.45) is 23.7 Å². The van der Waals surface area contributed by atoms with Crippen LogP contribution in [0.15, 0.2) is 48.3 Å². The molecule has 12 nitrogen and oxygen atoms in total. The number of allylic oxidation sites excluding steroid dienone is 1. The molecule has 13 heteroatoms. The molecular formula is C41H52ClN7O5. The SMILES string of the molecule is C/C=C1\C2C(C(=O)N1c1ccc(C#N)c(Cl)c1)[C@@]1(C)OC2(C)CC1NC(=O)c1ccc(N2CCN(CC3CCN(CC(=O)OCC(C)C)CC3)CC2)nc1. The zero-order valence-corrected chi connectivity index (χ0v) is 32.8. The van der Waals surface area contributed by atoms with E-state index in [-0.39, 0.29) is 29.7 Å². The normalized spacial score (nSPS) is 29.6. The van der Waals surface area contributed by atoms with Crippen LogP contribution >= 0.6 is 11.6 Å². The zero-order chi connectivity index (χ0) is 38.4. The molecule has 5 aliphatic heterocycles. The van der Waals surface area contributed by atoms with Gasteiger partial charge in [-0.3, -0.25) is 29.1 Å². The smallest absolute Gasteiger partial charge is 0.320 e. The summed E-state index contributed by atoms with van der Waals surface area (Å²) in [5.41, 5.74) is 0.691. The molecule has 5 fully saturated rings. The Morgan fingerprint density at radius 1 is 1.09 bits per heavy atom. The van der Waals surface area contributed by atoms with Crippen LogP contribution in [0.1, 0.15) is 69.8 Å². The first-order chi connectivity index (χ1) is 25.8. The van der Waals surface area contributed by atoms with Crippen molar-refractivity contribution in [3.63, 3.8) is 0 Å². The first-order valence-electron chi connectivity index (χ1n) is 19.4. The van der Waals surface area contributed by atoms with Gasteiger partial charge >= 0.3 is 5.97 Å². The van der Waals surface area contributed by atoms with Gasteiger partial charge in [-0.2, -0.15) is 5.26 Å². The van der Waals surface area contributed by atoms with Crippen molar-refractivity contribution in [2.45, 2.75) is 71.1 Å². The fourth-order valence-corrected chi connectivity index (χ4v) is 9.67. The highest BCUT2D eigenvalue weighted by atomic mass is 35.5. The average Bonchev–Trinajstić information content (AvgIpc) is 3.71. The molecule has 0 radical (unpaired) electrons. The van der Waals surface area contributed by atoms with Gasteiger partial charge in [-0.1, -0.05) is 31.5 Å². The Labute approximate surface area is 323 Å². The summed E-state index contributed by atoms with van der Waals surface area (Å²) >= 11 is 6.38. The number of hydrogen-bond donors (Lipinski definition) is 1. The maximum Gasteiger partial charge on any atom is 0.320 e. The number of carbonyl (C=O) groups is 3. The Morgan fingerprint density at radius 3 is 2.46 bits per heavy atom. The van der Waals surface area contributed by atoms with Crippen molar-refractivity contribution >= 4 is 40.9 Å². The van der Waals surface area contributed by atoms with Crippen LogP contribution in [0.25, 0.3) is 0 Å². The summed E-state index contributed by atoms with van der Waals surface area (Å²) in [4.78, 5) is 53.4. The Bertz CT molecular complexity index is 1830. The van der Waals surface area contributed by atoms with Gasteiger partial charge in [-0.25, -0.2) is 4.98 Å². The first kappa shape index (κ1) is 38.3. The zero-order valence-electron chi connectivity index (χ0n) is 32.0. The molecule has 5 saturated heterocycles. The average molecular weight is 758 g/mol. The molecule has 7 rings (SSSR count). The summed E-state index contributed by atoms with van der Waals surface area (Å²) in [6.45, 7) is 17.4. The fraction of sp³-hybridized carbons (Fsp3) is 0.585. The van der Waals surface area contributed by atoms with Crippen LogP contribution in [0.3, 0.4) is 0 Å². The lowest BCUT2D eigenvalue weighted by Crippen LogP contribution is -2.56. The third-order valence-corrected chi connectivity index (χ3v) is 12.5. The Kier molecular flexibility index (Phi) is 10.8. The standard InChI is InChI=1S/C41H52ClN7O5/c1-6-32-36-37(39(52)49(32)30-9-7-28(21-43)31(42)19-30)41(5)33(20-40(36,4)54-41)45-38(51)29-8-10-34(44-22-29)48-17-15-47(16-18-48)23-27-11-13-46(14-12-27)24-35(50)53-25-26(2)3/h6-10,19,22,26-27,33,36-37H,11-18,20,23-25H2,1-5H3,(H,45,51)/b32-6+/t33?,36?,37?,40?,41-/m0/s1. The number of anilines is 2. The monoisotopic (exact) mass is 757 g/mol. The van der Waals surface area contributed by atoms with Gasteiger partial charge in [-0.05, 0) is 95.3 Å². The minimum Gasteiger partial charge on any atom is -0.464 e. The van der Waals surface area contributed by atoms with Crippen LogP contribution in [0.4, 0.5) is 11.5 Å². The quantitative estimate of drug-likeness (QED) is 0.335. The summed E-state index contributed by atoms with van der Waals surface area (Å²) in [5.74, 6) is 0.677. The van der Waals surface area contributed by atoms with Crippen molar-refractivity contribution < 1.29 is 23.9 Å². The lowest BCUT2D eigenvalue weighted by molar-refractivity contribution is -0.146. The molecule has 6 heterocycles. The molecular weight excluding hydrogens is 706 g/mol. The van der Waals surface area contributed by atoms with E-state index in [1.165, 1.54) is 0 Å². The second-order valence-electron chi connectivity index (χ2n) is 16.4. The number of esters is 1. The second kappa shape index (κ2) is 15.3. The summed E-state index contributed by atoms with van der Waals surface area (Å²) in [6.07, 6.45) is 6.34. The molecule has 2 bridgehead atoms. The molecule has 5 atom stereocenters. The van der Waals surface area contributed by atoms with Gasteiger partial charge in [-0.15, -0.1) is 0 Å². The number of amides is 2. The molecule has 0 saturated carbocycles. The summed E-state index contributed by atoms with van der Waals surface area (Å²) < 4.78 is 12.0. The first-order valence-corrected chi connectivity index (χ1v) is 19.7. The molecule has 1 aromatic heterocycles. The van der Waals surface area contributed by atoms with Crippen molar-refractivity contribution in [2.75, 3.05) is 68.8 Å². The minimum atomic E-state index is -0.920. The van der Waals surface area contributed by atoms with Crippen molar-refractivity contribution in [1.82, 2.24) is 20.1 Å². The predicted molar refractivity (Wildman–Crippen MR) is 206 cm³/mol. The van der Waals surface area contributed by atoms with Gasteiger partial charge in [0.25, 0.3) is 5.91 Å². The number of aromatic nitrogens is 1. The molecule has 2 amide bonds. The van der Waals surface area contributed by atoms with E-state index in [0.717, 1.165) is 70.2 Å². The highest BCUT2D eigenvalue weighted by molar-refractivity contribution is 6.32. The minimum absolute atomic E-state index is 0.105. The van der Waals surface area contributed by atoms with Crippen LogP contribution in [-0.4, -0.2) is 109 Å². The van der Waals surface area contributed by atoms with Gasteiger partial charge in [0.15, 0.2) is 0 Å². The van der Waals surface area contributed by atoms with Gasteiger partial charge in [0.1, 0.15) is 11.9 Å². The Balaban J connectivity index is 0.912. The van der Waals surface area contributed by atoms with Gasteiger partial charge < -0.3 is 19.7 Å². The number of benzene rings is 1. The fourth-order valence-electron chi connectivity index (χ4n) is 9.46. The summed E-state index contributed by atoms with van der Waals surface area (Å²) in [7, 11) is 0. The number of carbonyl (C=O) groups excluding carboxylic acids is 3. The van der Waals surface area contributed by atoms with Crippen molar-refractivity contribution in [1.29, 1.82) is 5.26 Å². The number of rotatable bonds is 10. The number of pyridine rings is 1. The maximum atomic E-state index is 14.2. The number of hydrogen-bond acceptors (Lipinski definition) is 10. The predicted octanol–water partition coefficient (Wildman–Crippen LogP) is 4.87. The maximum absolute atomic E-state index is 14.2. The van der Waals surface area contributed by atoms with Crippen LogP contribution in [0.5, 0.6) is 0 Å². The van der Waals surface area contributed by atoms with E-state index >= 15 is 0 Å². The number of fused-ring (bicyclic) bond motifs is 5. The summed E-state index contributed by atoms with van der Waals surface area (Å²) in [6, 6.07) is 10.5. The topological polar surface area (TPSA) is 131 Å². The van der Waals surface area contributed by atoms with Crippen LogP contribution in [0.2, 0.25) is 5.02 Å². The van der Waals surface area contributed by atoms with Gasteiger partial charge in [0.2, 0.25) is 5.91 Å². The third-order valence-electron chi connectivity index (χ3n) is 12.2.